The third-order valence-electron chi connectivity index (χ3n) is 3.16. The van der Waals surface area contributed by atoms with Gasteiger partial charge >= 0.3 is 0 Å². The molecular formula is C16H11N3O. The molecule has 4 aromatic heterocycles. The highest BCUT2D eigenvalue weighted by Gasteiger charge is 2.11. The number of nitrogens with zero attached hydrogens (tertiary/aromatic N) is 3. The van der Waals surface area contributed by atoms with Crippen LogP contribution in [0.25, 0.3) is 33.5 Å². The molecule has 0 saturated heterocycles. The van der Waals surface area contributed by atoms with E-state index in [1.54, 1.807) is 18.5 Å². The van der Waals surface area contributed by atoms with Gasteiger partial charge in [0.1, 0.15) is 0 Å². The molecule has 0 aliphatic rings. The van der Waals surface area contributed by atoms with Gasteiger partial charge in [-0.3, -0.25) is 4.98 Å². The lowest BCUT2D eigenvalue weighted by molar-refractivity contribution is 0.639. The minimum atomic E-state index is -2.26. The Morgan fingerprint density at radius 2 is 2.05 bits per heavy atom. The Morgan fingerprint density at radius 3 is 2.90 bits per heavy atom. The lowest BCUT2D eigenvalue weighted by Gasteiger charge is -1.99. The van der Waals surface area contributed by atoms with Crippen LogP contribution in [0.4, 0.5) is 0 Å². The van der Waals surface area contributed by atoms with Gasteiger partial charge in [0.15, 0.2) is 0 Å². The summed E-state index contributed by atoms with van der Waals surface area (Å²) in [7, 11) is 0. The van der Waals surface area contributed by atoms with Crippen molar-refractivity contribution >= 4 is 22.2 Å². The first-order valence-corrected chi connectivity index (χ1v) is 6.13. The molecule has 0 radical (unpaired) electrons. The van der Waals surface area contributed by atoms with E-state index < -0.39 is 6.85 Å². The Kier molecular flexibility index (Phi) is 1.74. The van der Waals surface area contributed by atoms with Gasteiger partial charge in [0.05, 0.1) is 11.1 Å². The van der Waals surface area contributed by atoms with Crippen molar-refractivity contribution in [3.8, 4) is 11.3 Å². The largest absolute Gasteiger partial charge is 0.419 e. The molecule has 4 aromatic rings. The first-order chi connectivity index (χ1) is 11.0. The third kappa shape index (κ3) is 1.66. The average Bonchev–Trinajstić information content (AvgIpc) is 2.91. The monoisotopic (exact) mass is 264 g/mol. The fourth-order valence-electron chi connectivity index (χ4n) is 2.21. The second kappa shape index (κ2) is 4.13. The normalized spacial score (nSPS) is 14.1. The van der Waals surface area contributed by atoms with Gasteiger partial charge in [-0.2, -0.15) is 0 Å². The highest BCUT2D eigenvalue weighted by Crippen LogP contribution is 2.29. The Bertz CT molecular complexity index is 1010. The maximum atomic E-state index is 7.43. The predicted octanol–water partition coefficient (Wildman–Crippen LogP) is 3.75. The van der Waals surface area contributed by atoms with E-state index in [9.17, 15) is 0 Å². The van der Waals surface area contributed by atoms with Crippen LogP contribution in [-0.2, 0) is 0 Å². The molecule has 0 saturated carbocycles. The first kappa shape index (κ1) is 8.43. The minimum Gasteiger partial charge on any atom is -0.419 e. The van der Waals surface area contributed by atoms with E-state index in [0.717, 1.165) is 22.0 Å². The summed E-state index contributed by atoms with van der Waals surface area (Å²) in [5.74, 6) is 0. The molecule has 4 heterocycles. The van der Waals surface area contributed by atoms with Gasteiger partial charge in [0.2, 0.25) is 11.4 Å². The van der Waals surface area contributed by atoms with Crippen LogP contribution >= 0.6 is 0 Å². The number of furan rings is 1. The fraction of sp³-hybridized carbons (Fsp3) is 0.0625. The van der Waals surface area contributed by atoms with Crippen molar-refractivity contribution in [2.75, 3.05) is 0 Å². The summed E-state index contributed by atoms with van der Waals surface area (Å²) in [6, 6.07) is 10.8. The Morgan fingerprint density at radius 1 is 1.05 bits per heavy atom. The van der Waals surface area contributed by atoms with Crippen molar-refractivity contribution < 1.29 is 8.53 Å². The zero-order valence-corrected chi connectivity index (χ0v) is 10.4. The summed E-state index contributed by atoms with van der Waals surface area (Å²) in [5.41, 5.74) is 2.38. The standard InChI is InChI=1S/C16H11N3O/c1-10-5-6-12-13-8-11(14-4-2-3-7-17-14)9-18-15(13)20-16(12)19-10/h2-9H,1H3/i1D3. The number of rotatable bonds is 1. The van der Waals surface area contributed by atoms with E-state index in [1.165, 1.54) is 6.07 Å². The molecule has 20 heavy (non-hydrogen) atoms. The van der Waals surface area contributed by atoms with Crippen LogP contribution in [0, 0.1) is 6.85 Å². The van der Waals surface area contributed by atoms with Gasteiger partial charge < -0.3 is 4.42 Å². The maximum Gasteiger partial charge on any atom is 0.229 e. The summed E-state index contributed by atoms with van der Waals surface area (Å²) in [5, 5.41) is 1.52. The molecule has 0 spiro atoms. The topological polar surface area (TPSA) is 51.8 Å². The van der Waals surface area contributed by atoms with Crippen molar-refractivity contribution in [2.24, 2.45) is 0 Å². The molecular weight excluding hydrogens is 250 g/mol. The van der Waals surface area contributed by atoms with Crippen LogP contribution in [0.5, 0.6) is 0 Å². The number of hydrogen-bond acceptors (Lipinski definition) is 4. The molecule has 0 aliphatic carbocycles. The first-order valence-electron chi connectivity index (χ1n) is 7.63. The average molecular weight is 264 g/mol. The fourth-order valence-corrected chi connectivity index (χ4v) is 2.21. The SMILES string of the molecule is [2H]C([2H])([2H])c1ccc2c(n1)oc1ncc(-c3ccccn3)cc12. The van der Waals surface area contributed by atoms with Crippen LogP contribution < -0.4 is 0 Å². The van der Waals surface area contributed by atoms with E-state index in [2.05, 4.69) is 15.0 Å². The van der Waals surface area contributed by atoms with Crippen molar-refractivity contribution in [2.45, 2.75) is 6.85 Å². The van der Waals surface area contributed by atoms with Crippen LogP contribution in [0.1, 0.15) is 9.81 Å². The second-order valence-corrected chi connectivity index (χ2v) is 4.44. The van der Waals surface area contributed by atoms with Crippen LogP contribution in [0.15, 0.2) is 53.2 Å². The summed E-state index contributed by atoms with van der Waals surface area (Å²) in [6.45, 7) is -2.26. The summed E-state index contributed by atoms with van der Waals surface area (Å²) in [4.78, 5) is 12.7. The maximum absolute atomic E-state index is 7.43. The molecule has 0 amide bonds. The molecule has 4 nitrogen and oxygen atoms in total. The highest BCUT2D eigenvalue weighted by atomic mass is 16.3. The van der Waals surface area contributed by atoms with Crippen LogP contribution in [0.3, 0.4) is 0 Å². The van der Waals surface area contributed by atoms with E-state index in [1.807, 2.05) is 24.3 Å². The lowest BCUT2D eigenvalue weighted by Crippen LogP contribution is -1.83. The van der Waals surface area contributed by atoms with Gasteiger partial charge in [0, 0.05) is 33.1 Å². The molecule has 0 aliphatic heterocycles. The number of aromatic nitrogens is 3. The van der Waals surface area contributed by atoms with Crippen molar-refractivity contribution in [1.82, 2.24) is 15.0 Å². The van der Waals surface area contributed by atoms with E-state index in [4.69, 9.17) is 8.53 Å². The molecule has 4 rings (SSSR count). The molecule has 0 fully saturated rings. The number of aryl methyl sites for hydroxylation is 1. The predicted molar refractivity (Wildman–Crippen MR) is 77.3 cm³/mol. The minimum absolute atomic E-state index is 0.00834. The van der Waals surface area contributed by atoms with Gasteiger partial charge in [-0.1, -0.05) is 6.07 Å². The van der Waals surface area contributed by atoms with Gasteiger partial charge in [0.25, 0.3) is 0 Å². The molecule has 0 N–H and O–H groups in total. The van der Waals surface area contributed by atoms with E-state index in [0.29, 0.717) is 5.71 Å². The molecule has 0 atom stereocenters. The molecule has 0 aromatic carbocycles. The van der Waals surface area contributed by atoms with Crippen molar-refractivity contribution in [3.05, 3.63) is 54.5 Å². The summed E-state index contributed by atoms with van der Waals surface area (Å²) < 4.78 is 27.9. The molecule has 0 bridgehead atoms. The van der Waals surface area contributed by atoms with Crippen LogP contribution in [-0.4, -0.2) is 15.0 Å². The third-order valence-corrected chi connectivity index (χ3v) is 3.16. The number of hydrogen-bond donors (Lipinski definition) is 0. The lowest BCUT2D eigenvalue weighted by atomic mass is 10.1. The quantitative estimate of drug-likeness (QED) is 0.525. The van der Waals surface area contributed by atoms with E-state index in [-0.39, 0.29) is 11.4 Å². The highest BCUT2D eigenvalue weighted by molar-refractivity contribution is 6.03. The Hall–Kier alpha value is -2.75. The van der Waals surface area contributed by atoms with Gasteiger partial charge in [-0.05, 0) is 37.2 Å². The summed E-state index contributed by atoms with van der Waals surface area (Å²) in [6.07, 6.45) is 3.40. The van der Waals surface area contributed by atoms with Crippen molar-refractivity contribution in [3.63, 3.8) is 0 Å². The zero-order valence-electron chi connectivity index (χ0n) is 13.4. The number of fused-ring (bicyclic) bond motifs is 3. The smallest absolute Gasteiger partial charge is 0.229 e. The number of pyridine rings is 3. The second-order valence-electron chi connectivity index (χ2n) is 4.44. The van der Waals surface area contributed by atoms with Gasteiger partial charge in [-0.25, -0.2) is 9.97 Å². The molecule has 96 valence electrons. The van der Waals surface area contributed by atoms with E-state index >= 15 is 0 Å². The molecule has 0 unspecified atom stereocenters. The zero-order chi connectivity index (χ0) is 16.0. The molecule has 4 heteroatoms. The van der Waals surface area contributed by atoms with Gasteiger partial charge in [-0.15, -0.1) is 0 Å². The van der Waals surface area contributed by atoms with Crippen LogP contribution in [0.2, 0.25) is 0 Å². The van der Waals surface area contributed by atoms with Crippen molar-refractivity contribution in [1.29, 1.82) is 0 Å². The Labute approximate surface area is 119 Å². The Balaban J connectivity index is 1.93. The summed E-state index contributed by atoms with van der Waals surface area (Å²) >= 11 is 0.